The van der Waals surface area contributed by atoms with E-state index in [4.69, 9.17) is 14.6 Å². The van der Waals surface area contributed by atoms with Gasteiger partial charge in [-0.1, -0.05) is 17.9 Å². The van der Waals surface area contributed by atoms with Crippen LogP contribution in [0.3, 0.4) is 0 Å². The molecule has 1 saturated carbocycles. The van der Waals surface area contributed by atoms with Gasteiger partial charge >= 0.3 is 0 Å². The van der Waals surface area contributed by atoms with Gasteiger partial charge in [-0.25, -0.2) is 0 Å². The van der Waals surface area contributed by atoms with Gasteiger partial charge in [0.05, 0.1) is 13.2 Å². The summed E-state index contributed by atoms with van der Waals surface area (Å²) in [6, 6.07) is 7.67. The van der Waals surface area contributed by atoms with Crippen molar-refractivity contribution >= 4 is 0 Å². The van der Waals surface area contributed by atoms with E-state index >= 15 is 0 Å². The molecule has 1 aromatic rings. The Hall–Kier alpha value is -1.50. The summed E-state index contributed by atoms with van der Waals surface area (Å²) in [5.41, 5.74) is 0.907. The highest BCUT2D eigenvalue weighted by atomic mass is 16.5. The number of hydrogen-bond donors (Lipinski definition) is 1. The van der Waals surface area contributed by atoms with E-state index < -0.39 is 0 Å². The van der Waals surface area contributed by atoms with E-state index in [0.29, 0.717) is 19.6 Å². The summed E-state index contributed by atoms with van der Waals surface area (Å²) >= 11 is 0. The van der Waals surface area contributed by atoms with Crippen molar-refractivity contribution in [2.45, 2.75) is 19.3 Å². The maximum atomic E-state index is 8.67. The highest BCUT2D eigenvalue weighted by Crippen LogP contribution is 2.28. The fourth-order valence-electron chi connectivity index (χ4n) is 1.64. The quantitative estimate of drug-likeness (QED) is 0.603. The smallest absolute Gasteiger partial charge is 0.120 e. The molecule has 1 N–H and O–H groups in total. The van der Waals surface area contributed by atoms with Crippen LogP contribution >= 0.6 is 0 Å². The summed E-state index contributed by atoms with van der Waals surface area (Å²) in [6.45, 7) is 2.18. The molecule has 102 valence electrons. The molecule has 1 aliphatic rings. The van der Waals surface area contributed by atoms with E-state index in [0.717, 1.165) is 23.8 Å². The molecular weight excluding hydrogens is 240 g/mol. The largest absolute Gasteiger partial charge is 0.491 e. The molecule has 1 aliphatic carbocycles. The van der Waals surface area contributed by atoms with E-state index in [-0.39, 0.29) is 6.61 Å². The Kier molecular flexibility index (Phi) is 5.74. The van der Waals surface area contributed by atoms with Gasteiger partial charge in [0.2, 0.25) is 0 Å². The van der Waals surface area contributed by atoms with E-state index in [1.807, 2.05) is 24.3 Å². The van der Waals surface area contributed by atoms with Crippen LogP contribution in [0.25, 0.3) is 0 Å². The topological polar surface area (TPSA) is 38.7 Å². The third-order valence-corrected chi connectivity index (χ3v) is 2.85. The molecule has 0 saturated heterocycles. The van der Waals surface area contributed by atoms with Crippen molar-refractivity contribution in [2.75, 3.05) is 26.4 Å². The Morgan fingerprint density at radius 2 is 2.16 bits per heavy atom. The number of ether oxygens (including phenoxy) is 2. The lowest BCUT2D eigenvalue weighted by molar-refractivity contribution is 0.0927. The third-order valence-electron chi connectivity index (χ3n) is 2.85. The fraction of sp³-hybridized carbons (Fsp3) is 0.500. The minimum absolute atomic E-state index is 0.0987. The molecular formula is C16H20O3. The van der Waals surface area contributed by atoms with Gasteiger partial charge < -0.3 is 14.6 Å². The molecule has 1 fully saturated rings. The van der Waals surface area contributed by atoms with Crippen LogP contribution in [0.15, 0.2) is 24.3 Å². The zero-order chi connectivity index (χ0) is 13.3. The molecule has 2 rings (SSSR count). The summed E-state index contributed by atoms with van der Waals surface area (Å²) in [5.74, 6) is 7.49. The molecule has 0 aliphatic heterocycles. The zero-order valence-electron chi connectivity index (χ0n) is 11.1. The Bertz CT molecular complexity index is 441. The van der Waals surface area contributed by atoms with Crippen molar-refractivity contribution in [1.82, 2.24) is 0 Å². The highest BCUT2D eigenvalue weighted by molar-refractivity contribution is 5.39. The van der Waals surface area contributed by atoms with Crippen molar-refractivity contribution in [3.8, 4) is 17.6 Å². The molecule has 0 aromatic heterocycles. The number of rotatable bonds is 7. The molecule has 0 atom stereocenters. The third kappa shape index (κ3) is 5.78. The van der Waals surface area contributed by atoms with Crippen LogP contribution in [-0.2, 0) is 4.74 Å². The minimum Gasteiger partial charge on any atom is -0.491 e. The molecule has 0 heterocycles. The Labute approximate surface area is 114 Å². The van der Waals surface area contributed by atoms with Gasteiger partial charge in [-0.05, 0) is 37.0 Å². The maximum absolute atomic E-state index is 8.67. The summed E-state index contributed by atoms with van der Waals surface area (Å²) in [5, 5.41) is 8.67. The molecule has 19 heavy (non-hydrogen) atoms. The zero-order valence-corrected chi connectivity index (χ0v) is 11.1. The van der Waals surface area contributed by atoms with Gasteiger partial charge in [0.15, 0.2) is 0 Å². The minimum atomic E-state index is 0.0987. The monoisotopic (exact) mass is 260 g/mol. The maximum Gasteiger partial charge on any atom is 0.120 e. The van der Waals surface area contributed by atoms with Crippen LogP contribution in [0.5, 0.6) is 5.75 Å². The summed E-state index contributed by atoms with van der Waals surface area (Å²) in [4.78, 5) is 0. The molecule has 1 aromatic carbocycles. The predicted octanol–water partition coefficient (Wildman–Crippen LogP) is 2.23. The first-order valence-corrected chi connectivity index (χ1v) is 6.79. The van der Waals surface area contributed by atoms with Crippen molar-refractivity contribution < 1.29 is 14.6 Å². The first-order chi connectivity index (χ1) is 9.38. The number of benzene rings is 1. The summed E-state index contributed by atoms with van der Waals surface area (Å²) < 4.78 is 11.1. The first kappa shape index (κ1) is 13.9. The van der Waals surface area contributed by atoms with E-state index in [1.165, 1.54) is 12.8 Å². The lowest BCUT2D eigenvalue weighted by Crippen LogP contribution is -2.08. The van der Waals surface area contributed by atoms with Crippen LogP contribution in [-0.4, -0.2) is 31.5 Å². The Balaban J connectivity index is 1.70. The second-order valence-electron chi connectivity index (χ2n) is 4.67. The van der Waals surface area contributed by atoms with Gasteiger partial charge in [0.25, 0.3) is 0 Å². The van der Waals surface area contributed by atoms with E-state index in [2.05, 4.69) is 11.8 Å². The SMILES string of the molecule is OCCC#Cc1cccc(OCCOCC2CC2)c1. The molecule has 0 bridgehead atoms. The average molecular weight is 260 g/mol. The van der Waals surface area contributed by atoms with Crippen LogP contribution in [0.4, 0.5) is 0 Å². The van der Waals surface area contributed by atoms with Gasteiger partial charge in [0.1, 0.15) is 12.4 Å². The van der Waals surface area contributed by atoms with Gasteiger partial charge in [0, 0.05) is 18.6 Å². The van der Waals surface area contributed by atoms with Crippen LogP contribution in [0.2, 0.25) is 0 Å². The van der Waals surface area contributed by atoms with Crippen molar-refractivity contribution in [1.29, 1.82) is 0 Å². The molecule has 0 radical (unpaired) electrons. The second-order valence-corrected chi connectivity index (χ2v) is 4.67. The van der Waals surface area contributed by atoms with Crippen LogP contribution in [0.1, 0.15) is 24.8 Å². The molecule has 0 amide bonds. The first-order valence-electron chi connectivity index (χ1n) is 6.79. The van der Waals surface area contributed by atoms with Crippen LogP contribution < -0.4 is 4.74 Å². The number of aliphatic hydroxyl groups is 1. The summed E-state index contributed by atoms with van der Waals surface area (Å²) in [7, 11) is 0. The Morgan fingerprint density at radius 3 is 2.95 bits per heavy atom. The van der Waals surface area contributed by atoms with Gasteiger partial charge in [-0.2, -0.15) is 0 Å². The number of hydrogen-bond acceptors (Lipinski definition) is 3. The molecule has 3 nitrogen and oxygen atoms in total. The molecule has 3 heteroatoms. The number of aliphatic hydroxyl groups excluding tert-OH is 1. The predicted molar refractivity (Wildman–Crippen MR) is 74.1 cm³/mol. The van der Waals surface area contributed by atoms with Crippen molar-refractivity contribution in [2.24, 2.45) is 5.92 Å². The van der Waals surface area contributed by atoms with E-state index in [9.17, 15) is 0 Å². The lowest BCUT2D eigenvalue weighted by atomic mass is 10.2. The normalized spacial score (nSPS) is 13.7. The Morgan fingerprint density at radius 1 is 1.26 bits per heavy atom. The van der Waals surface area contributed by atoms with Gasteiger partial charge in [-0.3, -0.25) is 0 Å². The lowest BCUT2D eigenvalue weighted by Gasteiger charge is -2.07. The standard InChI is InChI=1S/C16H20O3/c17-9-2-1-4-14-5-3-6-16(12-14)19-11-10-18-13-15-7-8-15/h3,5-6,12,15,17H,2,7-11,13H2. The van der Waals surface area contributed by atoms with Crippen LogP contribution in [0, 0.1) is 17.8 Å². The second kappa shape index (κ2) is 7.83. The van der Waals surface area contributed by atoms with E-state index in [1.54, 1.807) is 0 Å². The highest BCUT2D eigenvalue weighted by Gasteiger charge is 2.20. The van der Waals surface area contributed by atoms with Gasteiger partial charge in [-0.15, -0.1) is 0 Å². The van der Waals surface area contributed by atoms with Crippen molar-refractivity contribution in [3.05, 3.63) is 29.8 Å². The summed E-state index contributed by atoms with van der Waals surface area (Å²) in [6.07, 6.45) is 3.13. The average Bonchev–Trinajstić information content (AvgIpc) is 3.23. The fourth-order valence-corrected chi connectivity index (χ4v) is 1.64. The van der Waals surface area contributed by atoms with Crippen molar-refractivity contribution in [3.63, 3.8) is 0 Å². The molecule has 0 spiro atoms. The molecule has 0 unspecified atom stereocenters.